The van der Waals surface area contributed by atoms with Crippen molar-refractivity contribution in [3.63, 3.8) is 0 Å². The van der Waals surface area contributed by atoms with E-state index < -0.39 is 17.9 Å². The number of halogens is 2. The largest absolute Gasteiger partial charge is 0.359 e. The van der Waals surface area contributed by atoms with Crippen LogP contribution in [0, 0.1) is 16.6 Å². The summed E-state index contributed by atoms with van der Waals surface area (Å²) >= 11 is 0. The molecule has 0 aliphatic heterocycles. The Hall–Kier alpha value is -4.53. The van der Waals surface area contributed by atoms with Crippen molar-refractivity contribution in [1.29, 1.82) is 10.8 Å². The second-order valence-electron chi connectivity index (χ2n) is 7.61. The van der Waals surface area contributed by atoms with E-state index in [-0.39, 0.29) is 23.5 Å². The minimum atomic E-state index is -1.46. The third-order valence-electron chi connectivity index (χ3n) is 4.87. The Morgan fingerprint density at radius 2 is 2.00 bits per heavy atom. The van der Waals surface area contributed by atoms with Crippen molar-refractivity contribution < 1.29 is 13.6 Å². The Morgan fingerprint density at radius 3 is 2.66 bits per heavy atom. The summed E-state index contributed by atoms with van der Waals surface area (Å²) in [6.45, 7) is 5.12. The molecule has 0 amide bonds. The first-order chi connectivity index (χ1) is 16.8. The maximum atomic E-state index is 14.6. The molecule has 1 heterocycles. The molecule has 1 atom stereocenters. The lowest BCUT2D eigenvalue weighted by atomic mass is 10.1. The smallest absolute Gasteiger partial charge is 0.212 e. The number of aliphatic imine (C=N–C) groups is 1. The molecular formula is C26H24F2N6O. The van der Waals surface area contributed by atoms with Gasteiger partial charge in [-0.1, -0.05) is 30.8 Å². The van der Waals surface area contributed by atoms with Crippen molar-refractivity contribution in [1.82, 2.24) is 9.78 Å². The molecule has 3 N–H and O–H groups in total. The van der Waals surface area contributed by atoms with Crippen LogP contribution in [0.3, 0.4) is 0 Å². The molecule has 3 aromatic rings. The number of anilines is 1. The minimum Gasteiger partial charge on any atom is -0.359 e. The van der Waals surface area contributed by atoms with Crippen molar-refractivity contribution in [2.45, 2.75) is 19.6 Å². The lowest BCUT2D eigenvalue weighted by Gasteiger charge is -2.07. The van der Waals surface area contributed by atoms with Gasteiger partial charge in [-0.2, -0.15) is 5.10 Å². The molecule has 0 bridgehead atoms. The lowest BCUT2D eigenvalue weighted by Crippen LogP contribution is -2.22. The van der Waals surface area contributed by atoms with Crippen LogP contribution in [-0.2, 0) is 4.79 Å². The normalized spacial score (nSPS) is 12.4. The quantitative estimate of drug-likeness (QED) is 0.179. The average Bonchev–Trinajstić information content (AvgIpc) is 3.34. The number of nitrogens with one attached hydrogen (secondary N) is 3. The molecule has 9 heteroatoms. The molecule has 1 aromatic heterocycles. The molecule has 35 heavy (non-hydrogen) atoms. The maximum Gasteiger partial charge on any atom is 0.212 e. The lowest BCUT2D eigenvalue weighted by molar-refractivity contribution is -0.108. The van der Waals surface area contributed by atoms with Crippen molar-refractivity contribution in [2.75, 3.05) is 5.32 Å². The molecular weight excluding hydrogens is 450 g/mol. The van der Waals surface area contributed by atoms with E-state index in [1.54, 1.807) is 37.3 Å². The Kier molecular flexibility index (Phi) is 8.29. The van der Waals surface area contributed by atoms with E-state index in [0.29, 0.717) is 22.4 Å². The summed E-state index contributed by atoms with van der Waals surface area (Å²) in [4.78, 5) is 16.7. The molecule has 7 nitrogen and oxygen atoms in total. The fraction of sp³-hybridized carbons (Fsp3) is 0.115. The summed E-state index contributed by atoms with van der Waals surface area (Å²) in [5, 5.41) is 22.1. The summed E-state index contributed by atoms with van der Waals surface area (Å²) in [5.74, 6) is -1.23. The van der Waals surface area contributed by atoms with Crippen LogP contribution < -0.4 is 5.32 Å². The van der Waals surface area contributed by atoms with Crippen molar-refractivity contribution >= 4 is 34.8 Å². The number of rotatable bonds is 11. The van der Waals surface area contributed by atoms with Gasteiger partial charge in [0.15, 0.2) is 0 Å². The highest BCUT2D eigenvalue weighted by atomic mass is 19.1. The zero-order valence-electron chi connectivity index (χ0n) is 19.0. The second-order valence-corrected chi connectivity index (χ2v) is 7.61. The monoisotopic (exact) mass is 474 g/mol. The molecule has 0 saturated carbocycles. The van der Waals surface area contributed by atoms with Gasteiger partial charge in [0.25, 0.3) is 0 Å². The van der Waals surface area contributed by atoms with Crippen LogP contribution in [0.1, 0.15) is 19.6 Å². The van der Waals surface area contributed by atoms with Gasteiger partial charge in [-0.15, -0.1) is 0 Å². The van der Waals surface area contributed by atoms with Gasteiger partial charge >= 0.3 is 0 Å². The number of hydrogen-bond acceptors (Lipinski definition) is 6. The van der Waals surface area contributed by atoms with E-state index >= 15 is 0 Å². The van der Waals surface area contributed by atoms with Crippen molar-refractivity contribution in [2.24, 2.45) is 4.99 Å². The average molecular weight is 475 g/mol. The summed E-state index contributed by atoms with van der Waals surface area (Å²) in [7, 11) is 0. The second kappa shape index (κ2) is 11.6. The van der Waals surface area contributed by atoms with Gasteiger partial charge in [0.1, 0.15) is 11.5 Å². The molecule has 3 rings (SSSR count). The van der Waals surface area contributed by atoms with Crippen LogP contribution >= 0.6 is 0 Å². The highest BCUT2D eigenvalue weighted by Crippen LogP contribution is 2.26. The van der Waals surface area contributed by atoms with Crippen LogP contribution in [0.15, 0.2) is 90.3 Å². The van der Waals surface area contributed by atoms with Gasteiger partial charge < -0.3 is 10.7 Å². The van der Waals surface area contributed by atoms with Gasteiger partial charge in [-0.05, 0) is 42.3 Å². The van der Waals surface area contributed by atoms with Crippen LogP contribution in [0.4, 0.5) is 20.2 Å². The summed E-state index contributed by atoms with van der Waals surface area (Å²) in [6, 6.07) is 13.2. The molecule has 0 spiro atoms. The Labute approximate surface area is 201 Å². The molecule has 0 aliphatic rings. The third-order valence-corrected chi connectivity index (χ3v) is 4.87. The number of allylic oxidation sites excluding steroid dienone is 2. The molecule has 1 unspecified atom stereocenters. The van der Waals surface area contributed by atoms with E-state index in [2.05, 4.69) is 22.0 Å². The summed E-state index contributed by atoms with van der Waals surface area (Å²) in [5.41, 5.74) is 1.82. The van der Waals surface area contributed by atoms with E-state index in [1.165, 1.54) is 30.7 Å². The number of ketones is 1. The van der Waals surface area contributed by atoms with Crippen molar-refractivity contribution in [3.05, 3.63) is 91.2 Å². The Morgan fingerprint density at radius 1 is 1.26 bits per heavy atom. The number of carbonyl (C=O) groups excluding carboxylic acids is 1. The summed E-state index contributed by atoms with van der Waals surface area (Å²) in [6.07, 6.45) is 4.87. The van der Waals surface area contributed by atoms with Gasteiger partial charge in [-0.25, -0.2) is 13.5 Å². The highest BCUT2D eigenvalue weighted by Gasteiger charge is 2.14. The van der Waals surface area contributed by atoms with Crippen LogP contribution in [0.25, 0.3) is 11.1 Å². The molecule has 0 fully saturated rings. The maximum absolute atomic E-state index is 14.6. The van der Waals surface area contributed by atoms with E-state index in [1.807, 2.05) is 6.07 Å². The van der Waals surface area contributed by atoms with Crippen LogP contribution in [0.5, 0.6) is 0 Å². The van der Waals surface area contributed by atoms with Gasteiger partial charge in [0.05, 0.1) is 23.3 Å². The van der Waals surface area contributed by atoms with Crippen LogP contribution in [0.2, 0.25) is 0 Å². The SMILES string of the molecule is C=C(C)C(F)n1cc(-c2ccc(N/C=C\C(=O)C(=N)C(CC=N)=Nc3ccccc3)c(F)c2)cn1. The first-order valence-electron chi connectivity index (χ1n) is 10.6. The molecule has 2 aromatic carbocycles. The number of hydrogen-bond donors (Lipinski definition) is 3. The molecule has 178 valence electrons. The molecule has 0 aliphatic carbocycles. The number of para-hydroxylation sites is 1. The molecule has 0 saturated heterocycles. The molecule has 0 radical (unpaired) electrons. The fourth-order valence-corrected chi connectivity index (χ4v) is 3.04. The predicted octanol–water partition coefficient (Wildman–Crippen LogP) is 6.06. The number of alkyl halides is 1. The minimum absolute atomic E-state index is 0.0307. The van der Waals surface area contributed by atoms with Gasteiger partial charge in [0, 0.05) is 36.7 Å². The number of carbonyl (C=O) groups is 1. The number of aromatic nitrogens is 2. The van der Waals surface area contributed by atoms with E-state index in [0.717, 1.165) is 17.0 Å². The topological polar surface area (TPSA) is 107 Å². The van der Waals surface area contributed by atoms with E-state index in [9.17, 15) is 13.6 Å². The van der Waals surface area contributed by atoms with Crippen molar-refractivity contribution in [3.8, 4) is 11.1 Å². The first kappa shape index (κ1) is 25.1. The zero-order chi connectivity index (χ0) is 25.4. The predicted molar refractivity (Wildman–Crippen MR) is 135 cm³/mol. The number of nitrogens with zero attached hydrogens (tertiary/aromatic N) is 3. The van der Waals surface area contributed by atoms with Gasteiger partial charge in [0.2, 0.25) is 12.1 Å². The highest BCUT2D eigenvalue weighted by molar-refractivity contribution is 6.69. The van der Waals surface area contributed by atoms with E-state index in [4.69, 9.17) is 10.8 Å². The Balaban J connectivity index is 1.68. The fourth-order valence-electron chi connectivity index (χ4n) is 3.04. The first-order valence-corrected chi connectivity index (χ1v) is 10.6. The summed E-state index contributed by atoms with van der Waals surface area (Å²) < 4.78 is 29.8. The Bertz CT molecular complexity index is 1310. The van der Waals surface area contributed by atoms with Crippen LogP contribution in [-0.4, -0.2) is 33.2 Å². The third kappa shape index (κ3) is 6.50. The zero-order valence-corrected chi connectivity index (χ0v) is 19.0. The number of benzene rings is 2. The van der Waals surface area contributed by atoms with Gasteiger partial charge in [-0.3, -0.25) is 15.2 Å². The standard InChI is InChI=1S/C26H24F2N6O/c1-17(2)26(28)34-16-19(15-32-34)18-8-9-22(21(27)14-18)31-13-11-24(35)25(30)23(10-12-29)33-20-6-4-3-5-7-20/h3-9,11-16,26,29-31H,1,10H2,2H3/b13-11-,29-12?,30-25?,33-23?.